The summed E-state index contributed by atoms with van der Waals surface area (Å²) in [4.78, 5) is 10.2. The van der Waals surface area contributed by atoms with Crippen LogP contribution in [0.5, 0.6) is 0 Å². The van der Waals surface area contributed by atoms with Crippen LogP contribution in [0.15, 0.2) is 63.6 Å². The average Bonchev–Trinajstić information content (AvgIpc) is 2.52. The van der Waals surface area contributed by atoms with Gasteiger partial charge in [-0.15, -0.1) is 0 Å². The third-order valence-electron chi connectivity index (χ3n) is 2.78. The number of benzene rings is 2. The molecule has 0 unspecified atom stereocenters. The predicted molar refractivity (Wildman–Crippen MR) is 100 cm³/mol. The van der Waals surface area contributed by atoms with Gasteiger partial charge in [0.25, 0.3) is 0 Å². The number of carbonyl (C=O) groups is 1. The third-order valence-corrected chi connectivity index (χ3v) is 3.77. The molecule has 0 saturated heterocycles. The molecule has 2 N–H and O–H groups in total. The third kappa shape index (κ3) is 9.33. The molecule has 2 aromatic rings. The molecule has 0 aromatic heterocycles. The maximum Gasteiger partial charge on any atom is 0.328 e. The Morgan fingerprint density at radius 2 is 1.70 bits per heavy atom. The zero-order valence-corrected chi connectivity index (χ0v) is 15.6. The molecule has 0 aliphatic heterocycles. The minimum absolute atomic E-state index is 0.270. The highest BCUT2D eigenvalue weighted by atomic mass is 79.9. The normalized spacial score (nSPS) is 10.2. The van der Waals surface area contributed by atoms with Gasteiger partial charge in [0.05, 0.1) is 0 Å². The molecule has 0 radical (unpaired) electrons. The molecule has 3 nitrogen and oxygen atoms in total. The fraction of sp³-hybridized carbons (Fsp3) is 0.167. The fourth-order valence-electron chi connectivity index (χ4n) is 1.75. The van der Waals surface area contributed by atoms with Gasteiger partial charge in [0.2, 0.25) is 0 Å². The first kappa shape index (κ1) is 19.6. The molecule has 0 atom stereocenters. The van der Waals surface area contributed by atoms with E-state index in [1.165, 1.54) is 5.56 Å². The number of rotatable bonds is 5. The van der Waals surface area contributed by atoms with E-state index in [0.717, 1.165) is 33.4 Å². The molecular weight excluding hydrogens is 424 g/mol. The van der Waals surface area contributed by atoms with Gasteiger partial charge in [-0.05, 0) is 54.3 Å². The number of aliphatic carboxylic acids is 1. The van der Waals surface area contributed by atoms with E-state index >= 15 is 0 Å². The summed E-state index contributed by atoms with van der Waals surface area (Å²) in [5, 5.41) is 16.9. The Morgan fingerprint density at radius 3 is 2.26 bits per heavy atom. The molecule has 0 aliphatic rings. The van der Waals surface area contributed by atoms with Crippen molar-refractivity contribution in [2.75, 3.05) is 6.61 Å². The Labute approximate surface area is 152 Å². The lowest BCUT2D eigenvalue weighted by Gasteiger charge is -1.98. The maximum atomic E-state index is 10.2. The lowest BCUT2D eigenvalue weighted by molar-refractivity contribution is -0.131. The van der Waals surface area contributed by atoms with Crippen LogP contribution in [0.2, 0.25) is 0 Å². The van der Waals surface area contributed by atoms with Gasteiger partial charge >= 0.3 is 5.97 Å². The van der Waals surface area contributed by atoms with Crippen LogP contribution in [0.4, 0.5) is 0 Å². The van der Waals surface area contributed by atoms with Crippen molar-refractivity contribution in [2.45, 2.75) is 12.8 Å². The van der Waals surface area contributed by atoms with Gasteiger partial charge in [0.1, 0.15) is 0 Å². The second-order valence-electron chi connectivity index (χ2n) is 4.68. The molecular formula is C18H18Br2O3. The van der Waals surface area contributed by atoms with Crippen molar-refractivity contribution in [2.24, 2.45) is 0 Å². The van der Waals surface area contributed by atoms with Crippen molar-refractivity contribution in [3.63, 3.8) is 0 Å². The zero-order chi connectivity index (χ0) is 17.1. The summed E-state index contributed by atoms with van der Waals surface area (Å²) >= 11 is 6.68. The highest BCUT2D eigenvalue weighted by Crippen LogP contribution is 2.13. The summed E-state index contributed by atoms with van der Waals surface area (Å²) in [6.07, 6.45) is 4.46. The smallest absolute Gasteiger partial charge is 0.328 e. The molecule has 23 heavy (non-hydrogen) atoms. The van der Waals surface area contributed by atoms with Gasteiger partial charge in [-0.2, -0.15) is 0 Å². The fourth-order valence-corrected chi connectivity index (χ4v) is 2.62. The van der Waals surface area contributed by atoms with Crippen molar-refractivity contribution in [1.29, 1.82) is 0 Å². The molecule has 2 rings (SSSR count). The van der Waals surface area contributed by atoms with E-state index in [2.05, 4.69) is 44.0 Å². The first-order chi connectivity index (χ1) is 11.0. The largest absolute Gasteiger partial charge is 0.478 e. The van der Waals surface area contributed by atoms with Crippen LogP contribution in [-0.2, 0) is 11.2 Å². The Bertz CT molecular complexity index is 654. The van der Waals surface area contributed by atoms with E-state index in [0.29, 0.717) is 0 Å². The molecule has 0 aliphatic carbocycles. The van der Waals surface area contributed by atoms with E-state index < -0.39 is 5.97 Å². The number of carboxylic acids is 1. The van der Waals surface area contributed by atoms with Crippen LogP contribution in [-0.4, -0.2) is 22.8 Å². The highest BCUT2D eigenvalue weighted by molar-refractivity contribution is 9.10. The predicted octanol–water partition coefficient (Wildman–Crippen LogP) is 4.92. The van der Waals surface area contributed by atoms with Crippen LogP contribution in [0.3, 0.4) is 0 Å². The van der Waals surface area contributed by atoms with Crippen LogP contribution in [0.25, 0.3) is 6.08 Å². The number of hydrogen-bond donors (Lipinski definition) is 2. The maximum absolute atomic E-state index is 10.2. The molecule has 0 bridgehead atoms. The van der Waals surface area contributed by atoms with Crippen LogP contribution in [0.1, 0.15) is 17.5 Å². The van der Waals surface area contributed by atoms with Crippen molar-refractivity contribution in [3.8, 4) is 0 Å². The van der Waals surface area contributed by atoms with E-state index in [1.807, 2.05) is 36.4 Å². The second-order valence-corrected chi connectivity index (χ2v) is 6.52. The number of aliphatic hydroxyl groups excluding tert-OH is 1. The summed E-state index contributed by atoms with van der Waals surface area (Å²) in [5.41, 5.74) is 2.14. The van der Waals surface area contributed by atoms with E-state index in [4.69, 9.17) is 10.2 Å². The summed E-state index contributed by atoms with van der Waals surface area (Å²) in [5.74, 6) is -0.935. The standard InChI is InChI=1S/C9H7BrO2.C9H11BrO/c10-8-3-1-2-7(6-8)4-5-9(11)12;10-9-5-1-3-8(7-9)4-2-6-11/h1-6H,(H,11,12);1,3,5,7,11H,2,4,6H2/b5-4+;. The number of aliphatic hydroxyl groups is 1. The van der Waals surface area contributed by atoms with Gasteiger partial charge in [-0.25, -0.2) is 4.79 Å². The van der Waals surface area contributed by atoms with Crippen LogP contribution < -0.4 is 0 Å². The van der Waals surface area contributed by atoms with E-state index in [-0.39, 0.29) is 6.61 Å². The van der Waals surface area contributed by atoms with Gasteiger partial charge in [0.15, 0.2) is 0 Å². The molecule has 0 saturated carbocycles. The van der Waals surface area contributed by atoms with Crippen molar-refractivity contribution in [1.82, 2.24) is 0 Å². The van der Waals surface area contributed by atoms with Gasteiger partial charge in [0, 0.05) is 21.6 Å². The van der Waals surface area contributed by atoms with Gasteiger partial charge in [-0.3, -0.25) is 0 Å². The minimum Gasteiger partial charge on any atom is -0.478 e. The molecule has 0 heterocycles. The lowest BCUT2D eigenvalue weighted by atomic mass is 10.1. The molecule has 5 heteroatoms. The summed E-state index contributed by atoms with van der Waals surface area (Å²) < 4.78 is 2.04. The monoisotopic (exact) mass is 440 g/mol. The Balaban J connectivity index is 0.000000231. The Morgan fingerprint density at radius 1 is 1.04 bits per heavy atom. The first-order valence-electron chi connectivity index (χ1n) is 7.03. The van der Waals surface area contributed by atoms with Crippen molar-refractivity contribution >= 4 is 43.9 Å². The zero-order valence-electron chi connectivity index (χ0n) is 12.5. The summed E-state index contributed by atoms with van der Waals surface area (Å²) in [6.45, 7) is 0.270. The van der Waals surface area contributed by atoms with Crippen molar-refractivity contribution < 1.29 is 15.0 Å². The Kier molecular flexibility index (Phi) is 9.52. The SMILES string of the molecule is O=C(O)/C=C/c1cccc(Br)c1.OCCCc1cccc(Br)c1. The molecule has 0 amide bonds. The number of carboxylic acid groups (broad SMARTS) is 1. The molecule has 0 spiro atoms. The summed E-state index contributed by atoms with van der Waals surface area (Å²) in [6, 6.07) is 15.6. The lowest BCUT2D eigenvalue weighted by Crippen LogP contribution is -1.88. The van der Waals surface area contributed by atoms with Gasteiger partial charge in [-0.1, -0.05) is 56.1 Å². The number of hydrogen-bond acceptors (Lipinski definition) is 2. The number of halogens is 2. The Hall–Kier alpha value is -1.43. The van der Waals surface area contributed by atoms with Crippen LogP contribution >= 0.6 is 31.9 Å². The quantitative estimate of drug-likeness (QED) is 0.647. The van der Waals surface area contributed by atoms with Crippen LogP contribution in [0, 0.1) is 0 Å². The van der Waals surface area contributed by atoms with Crippen molar-refractivity contribution in [3.05, 3.63) is 74.7 Å². The van der Waals surface area contributed by atoms with Gasteiger partial charge < -0.3 is 10.2 Å². The highest BCUT2D eigenvalue weighted by Gasteiger charge is 1.92. The van der Waals surface area contributed by atoms with E-state index in [1.54, 1.807) is 6.08 Å². The summed E-state index contributed by atoms with van der Waals surface area (Å²) in [7, 11) is 0. The average molecular weight is 442 g/mol. The first-order valence-corrected chi connectivity index (χ1v) is 8.61. The topological polar surface area (TPSA) is 57.5 Å². The molecule has 122 valence electrons. The molecule has 0 fully saturated rings. The van der Waals surface area contributed by atoms with E-state index in [9.17, 15) is 4.79 Å². The minimum atomic E-state index is -0.935. The molecule has 2 aromatic carbocycles. The second kappa shape index (κ2) is 11.2. The number of aryl methyl sites for hydroxylation is 1.